The van der Waals surface area contributed by atoms with Gasteiger partial charge in [-0.2, -0.15) is 0 Å². The summed E-state index contributed by atoms with van der Waals surface area (Å²) >= 11 is 0. The normalized spacial score (nSPS) is 24.1. The number of amides is 2. The molecule has 2 amide bonds. The number of hydrogen-bond acceptors (Lipinski definition) is 3. The summed E-state index contributed by atoms with van der Waals surface area (Å²) in [5.41, 5.74) is 0. The van der Waals surface area contributed by atoms with Gasteiger partial charge in [0.15, 0.2) is 0 Å². The Labute approximate surface area is 95.3 Å². The molecule has 1 aliphatic heterocycles. The minimum Gasteiger partial charge on any atom is -0.354 e. The van der Waals surface area contributed by atoms with Crippen LogP contribution < -0.4 is 16.0 Å². The summed E-state index contributed by atoms with van der Waals surface area (Å²) in [6, 6.07) is 0.353. The molecule has 0 unspecified atom stereocenters. The Morgan fingerprint density at radius 1 is 1.25 bits per heavy atom. The Hall–Kier alpha value is -1.10. The molecule has 0 bridgehead atoms. The Morgan fingerprint density at radius 2 is 2.06 bits per heavy atom. The zero-order valence-corrected chi connectivity index (χ0v) is 9.42. The first-order chi connectivity index (χ1) is 7.75. The predicted octanol–water partition coefficient (Wildman–Crippen LogP) is -0.477. The van der Waals surface area contributed by atoms with E-state index >= 15 is 0 Å². The van der Waals surface area contributed by atoms with Crippen molar-refractivity contribution in [2.24, 2.45) is 0 Å². The fourth-order valence-electron chi connectivity index (χ4n) is 1.86. The molecule has 0 aromatic carbocycles. The van der Waals surface area contributed by atoms with E-state index in [1.165, 1.54) is 0 Å². The minimum atomic E-state index is -0.0495. The Bertz CT molecular complexity index is 270. The number of carbonyl (C=O) groups excluding carboxylic acids is 2. The van der Waals surface area contributed by atoms with Gasteiger partial charge in [0, 0.05) is 19.0 Å². The van der Waals surface area contributed by atoms with Crippen molar-refractivity contribution < 1.29 is 9.59 Å². The van der Waals surface area contributed by atoms with Gasteiger partial charge >= 0.3 is 0 Å². The maximum atomic E-state index is 11.6. The van der Waals surface area contributed by atoms with Crippen LogP contribution in [0.5, 0.6) is 0 Å². The molecule has 90 valence electrons. The average molecular weight is 225 g/mol. The summed E-state index contributed by atoms with van der Waals surface area (Å²) in [5.74, 6) is 0.0684. The van der Waals surface area contributed by atoms with E-state index in [1.54, 1.807) is 0 Å². The molecule has 16 heavy (non-hydrogen) atoms. The second kappa shape index (κ2) is 5.30. The molecule has 1 aliphatic carbocycles. The highest BCUT2D eigenvalue weighted by Gasteiger charge is 2.24. The van der Waals surface area contributed by atoms with Crippen molar-refractivity contribution in [2.45, 2.75) is 44.2 Å². The lowest BCUT2D eigenvalue weighted by atomic mass is 10.2. The topological polar surface area (TPSA) is 70.2 Å². The van der Waals surface area contributed by atoms with Crippen LogP contribution in [0.4, 0.5) is 0 Å². The molecule has 3 N–H and O–H groups in total. The van der Waals surface area contributed by atoms with Crippen molar-refractivity contribution in [1.29, 1.82) is 0 Å². The molecule has 5 nitrogen and oxygen atoms in total. The lowest BCUT2D eigenvalue weighted by Gasteiger charge is -2.10. The van der Waals surface area contributed by atoms with Gasteiger partial charge in [0.25, 0.3) is 0 Å². The Morgan fingerprint density at radius 3 is 2.69 bits per heavy atom. The monoisotopic (exact) mass is 225 g/mol. The lowest BCUT2D eigenvalue weighted by Crippen LogP contribution is -2.41. The van der Waals surface area contributed by atoms with Crippen molar-refractivity contribution >= 4 is 11.8 Å². The summed E-state index contributed by atoms with van der Waals surface area (Å²) in [5, 5.41) is 8.80. The minimum absolute atomic E-state index is 0.0247. The molecule has 0 radical (unpaired) electrons. The first-order valence-corrected chi connectivity index (χ1v) is 6.06. The highest BCUT2D eigenvalue weighted by atomic mass is 16.2. The third-order valence-electron chi connectivity index (χ3n) is 2.97. The van der Waals surface area contributed by atoms with Crippen molar-refractivity contribution in [3.63, 3.8) is 0 Å². The van der Waals surface area contributed by atoms with Crippen LogP contribution in [0.25, 0.3) is 0 Å². The first kappa shape index (κ1) is 11.4. The van der Waals surface area contributed by atoms with Gasteiger partial charge in [-0.05, 0) is 32.2 Å². The first-order valence-electron chi connectivity index (χ1n) is 6.06. The van der Waals surface area contributed by atoms with E-state index in [-0.39, 0.29) is 17.9 Å². The molecule has 2 fully saturated rings. The largest absolute Gasteiger partial charge is 0.354 e. The van der Waals surface area contributed by atoms with Crippen molar-refractivity contribution in [2.75, 3.05) is 13.1 Å². The third kappa shape index (κ3) is 3.48. The van der Waals surface area contributed by atoms with Crippen LogP contribution in [0.2, 0.25) is 0 Å². The van der Waals surface area contributed by atoms with Gasteiger partial charge in [0.2, 0.25) is 11.8 Å². The van der Waals surface area contributed by atoms with E-state index in [0.717, 1.165) is 32.2 Å². The summed E-state index contributed by atoms with van der Waals surface area (Å²) in [4.78, 5) is 22.9. The molecule has 2 aliphatic rings. The predicted molar refractivity (Wildman–Crippen MR) is 59.8 cm³/mol. The van der Waals surface area contributed by atoms with Gasteiger partial charge in [0.1, 0.15) is 0 Å². The van der Waals surface area contributed by atoms with Crippen molar-refractivity contribution in [1.82, 2.24) is 16.0 Å². The fraction of sp³-hybridized carbons (Fsp3) is 0.818. The quantitative estimate of drug-likeness (QED) is 0.592. The number of rotatable bonds is 5. The molecule has 5 heteroatoms. The summed E-state index contributed by atoms with van der Waals surface area (Å²) in [6.07, 6.45) is 4.55. The molecule has 0 aromatic rings. The summed E-state index contributed by atoms with van der Waals surface area (Å²) in [7, 11) is 0. The van der Waals surface area contributed by atoms with Gasteiger partial charge in [-0.15, -0.1) is 0 Å². The highest BCUT2D eigenvalue weighted by molar-refractivity contribution is 5.83. The van der Waals surface area contributed by atoms with Crippen LogP contribution in [0.1, 0.15) is 32.1 Å². The zero-order valence-electron chi connectivity index (χ0n) is 9.42. The number of hydrogen-bond donors (Lipinski definition) is 3. The second-order valence-corrected chi connectivity index (χ2v) is 4.53. The van der Waals surface area contributed by atoms with Crippen LogP contribution in [-0.2, 0) is 9.59 Å². The van der Waals surface area contributed by atoms with Gasteiger partial charge in [-0.1, -0.05) is 0 Å². The molecule has 1 saturated carbocycles. The van der Waals surface area contributed by atoms with Crippen LogP contribution >= 0.6 is 0 Å². The number of nitrogens with one attached hydrogen (secondary N) is 3. The summed E-state index contributed by atoms with van der Waals surface area (Å²) < 4.78 is 0. The van der Waals surface area contributed by atoms with E-state index in [0.29, 0.717) is 19.0 Å². The average Bonchev–Trinajstić information content (AvgIpc) is 2.90. The molecule has 0 aromatic heterocycles. The molecule has 1 atom stereocenters. The van der Waals surface area contributed by atoms with E-state index in [2.05, 4.69) is 16.0 Å². The Kier molecular flexibility index (Phi) is 3.77. The lowest BCUT2D eigenvalue weighted by molar-refractivity contribution is -0.123. The molecular weight excluding hydrogens is 206 g/mol. The highest BCUT2D eigenvalue weighted by Crippen LogP contribution is 2.18. The van der Waals surface area contributed by atoms with Gasteiger partial charge in [-0.3, -0.25) is 9.59 Å². The Balaban J connectivity index is 1.55. The van der Waals surface area contributed by atoms with Gasteiger partial charge in [0.05, 0.1) is 6.04 Å². The van der Waals surface area contributed by atoms with Crippen LogP contribution in [0, 0.1) is 0 Å². The summed E-state index contributed by atoms with van der Waals surface area (Å²) in [6.45, 7) is 1.36. The van der Waals surface area contributed by atoms with Crippen LogP contribution in [0.15, 0.2) is 0 Å². The molecule has 1 saturated heterocycles. The molecule has 2 rings (SSSR count). The smallest absolute Gasteiger partial charge is 0.237 e. The van der Waals surface area contributed by atoms with Crippen LogP contribution in [-0.4, -0.2) is 37.0 Å². The maximum Gasteiger partial charge on any atom is 0.237 e. The zero-order chi connectivity index (χ0) is 11.4. The van der Waals surface area contributed by atoms with E-state index in [4.69, 9.17) is 0 Å². The van der Waals surface area contributed by atoms with Gasteiger partial charge in [-0.25, -0.2) is 0 Å². The maximum absolute atomic E-state index is 11.6. The standard InChI is InChI=1S/C11H19N3O2/c15-10(14-8-3-4-8)5-7-13-11(16)9-2-1-6-12-9/h8-9,12H,1-7H2,(H,13,16)(H,14,15)/t9-/m0/s1. The van der Waals surface area contributed by atoms with E-state index in [9.17, 15) is 9.59 Å². The van der Waals surface area contributed by atoms with E-state index < -0.39 is 0 Å². The second-order valence-electron chi connectivity index (χ2n) is 4.53. The van der Waals surface area contributed by atoms with Gasteiger partial charge < -0.3 is 16.0 Å². The van der Waals surface area contributed by atoms with Crippen molar-refractivity contribution in [3.05, 3.63) is 0 Å². The molecular formula is C11H19N3O2. The molecule has 1 heterocycles. The molecule has 0 spiro atoms. The van der Waals surface area contributed by atoms with Crippen molar-refractivity contribution in [3.8, 4) is 0 Å². The van der Waals surface area contributed by atoms with Crippen LogP contribution in [0.3, 0.4) is 0 Å². The fourth-order valence-corrected chi connectivity index (χ4v) is 1.86. The van der Waals surface area contributed by atoms with E-state index in [1.807, 2.05) is 0 Å². The SMILES string of the molecule is O=C(CCNC(=O)[C@@H]1CCCN1)NC1CC1. The number of carbonyl (C=O) groups is 2. The third-order valence-corrected chi connectivity index (χ3v) is 2.97.